The Hall–Kier alpha value is -3.00. The van der Waals surface area contributed by atoms with Crippen LogP contribution in [-0.4, -0.2) is 37.4 Å². The number of hydrogen-bond donors (Lipinski definition) is 0. The van der Waals surface area contributed by atoms with E-state index in [1.807, 2.05) is 0 Å². The number of carbonyl (C=O) groups is 2. The topological polar surface area (TPSA) is 68.1 Å². The van der Waals surface area contributed by atoms with Gasteiger partial charge in [-0.15, -0.1) is 10.2 Å². The number of hydrogen-bond acceptors (Lipinski definition) is 5. The van der Waals surface area contributed by atoms with Crippen LogP contribution in [0.4, 0.5) is 4.39 Å². The normalized spacial score (nSPS) is 13.4. The number of aromatic nitrogens is 3. The van der Waals surface area contributed by atoms with Gasteiger partial charge in [0.2, 0.25) is 0 Å². The fraction of sp³-hybridized carbons (Fsp3) is 0.0588. The lowest BCUT2D eigenvalue weighted by atomic mass is 10.1. The van der Waals surface area contributed by atoms with E-state index in [2.05, 4.69) is 10.2 Å². The van der Waals surface area contributed by atoms with E-state index in [0.29, 0.717) is 22.0 Å². The predicted octanol–water partition coefficient (Wildman–Crippen LogP) is 2.75. The van der Waals surface area contributed by atoms with Gasteiger partial charge in [-0.05, 0) is 24.3 Å². The largest absolute Gasteiger partial charge is 0.274 e. The molecule has 0 fully saturated rings. The molecular formula is C17H11FN4O2S. The van der Waals surface area contributed by atoms with Crippen molar-refractivity contribution in [3.8, 4) is 5.69 Å². The number of benzene rings is 2. The number of thioether (sulfide) groups is 1. The Balaban J connectivity index is 1.56. The molecular weight excluding hydrogens is 343 g/mol. The molecule has 0 saturated carbocycles. The summed E-state index contributed by atoms with van der Waals surface area (Å²) in [5.74, 6) is -1.03. The van der Waals surface area contributed by atoms with Crippen LogP contribution in [0.1, 0.15) is 20.7 Å². The summed E-state index contributed by atoms with van der Waals surface area (Å²) in [6.07, 6.45) is 1.39. The monoisotopic (exact) mass is 354 g/mol. The second kappa shape index (κ2) is 6.14. The molecule has 2 heterocycles. The van der Waals surface area contributed by atoms with Crippen LogP contribution in [0.2, 0.25) is 0 Å². The molecule has 0 bridgehead atoms. The van der Waals surface area contributed by atoms with E-state index in [0.717, 1.165) is 16.7 Å². The van der Waals surface area contributed by atoms with Crippen molar-refractivity contribution in [1.82, 2.24) is 19.7 Å². The lowest BCUT2D eigenvalue weighted by molar-refractivity contribution is 0.0684. The van der Waals surface area contributed by atoms with E-state index < -0.39 is 5.82 Å². The first-order chi connectivity index (χ1) is 12.2. The molecule has 1 aliphatic heterocycles. The summed E-state index contributed by atoms with van der Waals surface area (Å²) in [7, 11) is 0. The summed E-state index contributed by atoms with van der Waals surface area (Å²) in [5, 5.41) is 8.14. The van der Waals surface area contributed by atoms with Gasteiger partial charge < -0.3 is 0 Å². The average molecular weight is 354 g/mol. The highest BCUT2D eigenvalue weighted by Crippen LogP contribution is 2.27. The van der Waals surface area contributed by atoms with Gasteiger partial charge in [-0.1, -0.05) is 36.0 Å². The maximum absolute atomic E-state index is 14.0. The zero-order valence-electron chi connectivity index (χ0n) is 12.8. The van der Waals surface area contributed by atoms with Crippen LogP contribution in [0.25, 0.3) is 5.69 Å². The molecule has 4 rings (SSSR count). The Morgan fingerprint density at radius 2 is 1.60 bits per heavy atom. The van der Waals surface area contributed by atoms with Crippen LogP contribution in [-0.2, 0) is 0 Å². The van der Waals surface area contributed by atoms with Crippen molar-refractivity contribution in [2.75, 3.05) is 5.88 Å². The number of fused-ring (bicyclic) bond motifs is 1. The Morgan fingerprint density at radius 1 is 0.960 bits per heavy atom. The third-order valence-corrected chi connectivity index (χ3v) is 4.75. The Morgan fingerprint density at radius 3 is 2.28 bits per heavy atom. The maximum Gasteiger partial charge on any atom is 0.262 e. The maximum atomic E-state index is 14.0. The quantitative estimate of drug-likeness (QED) is 0.532. The molecule has 124 valence electrons. The summed E-state index contributed by atoms with van der Waals surface area (Å²) >= 11 is 1.14. The molecule has 1 aliphatic rings. The van der Waals surface area contributed by atoms with Crippen LogP contribution in [0.3, 0.4) is 0 Å². The predicted molar refractivity (Wildman–Crippen MR) is 89.0 cm³/mol. The molecule has 8 heteroatoms. The van der Waals surface area contributed by atoms with Gasteiger partial charge in [-0.25, -0.2) is 4.39 Å². The van der Waals surface area contributed by atoms with Crippen molar-refractivity contribution in [3.63, 3.8) is 0 Å². The number of nitrogens with zero attached hydrogens (tertiary/aromatic N) is 4. The van der Waals surface area contributed by atoms with Crippen LogP contribution >= 0.6 is 11.8 Å². The zero-order valence-corrected chi connectivity index (χ0v) is 13.6. The number of imide groups is 1. The smallest absolute Gasteiger partial charge is 0.262 e. The van der Waals surface area contributed by atoms with Crippen LogP contribution < -0.4 is 0 Å². The van der Waals surface area contributed by atoms with Gasteiger partial charge in [0.15, 0.2) is 5.16 Å². The number of halogens is 1. The van der Waals surface area contributed by atoms with Gasteiger partial charge in [-0.2, -0.15) is 0 Å². The molecule has 0 saturated heterocycles. The number of amides is 2. The first-order valence-corrected chi connectivity index (χ1v) is 8.38. The van der Waals surface area contributed by atoms with Gasteiger partial charge in [0.25, 0.3) is 11.8 Å². The van der Waals surface area contributed by atoms with E-state index in [1.54, 1.807) is 42.5 Å². The van der Waals surface area contributed by atoms with Gasteiger partial charge in [0.1, 0.15) is 12.1 Å². The highest BCUT2D eigenvalue weighted by Gasteiger charge is 2.35. The van der Waals surface area contributed by atoms with Crippen molar-refractivity contribution in [3.05, 3.63) is 71.8 Å². The van der Waals surface area contributed by atoms with Crippen LogP contribution in [0.15, 0.2) is 60.0 Å². The lowest BCUT2D eigenvalue weighted by Crippen LogP contribution is -2.29. The molecule has 0 aliphatic carbocycles. The minimum atomic E-state index is -0.412. The van der Waals surface area contributed by atoms with E-state index >= 15 is 0 Å². The molecule has 25 heavy (non-hydrogen) atoms. The molecule has 6 nitrogen and oxygen atoms in total. The van der Waals surface area contributed by atoms with Gasteiger partial charge in [0, 0.05) is 0 Å². The molecule has 0 radical (unpaired) electrons. The summed E-state index contributed by atoms with van der Waals surface area (Å²) < 4.78 is 15.5. The number of para-hydroxylation sites is 1. The van der Waals surface area contributed by atoms with E-state index in [9.17, 15) is 14.0 Å². The Kier molecular flexibility index (Phi) is 3.81. The minimum Gasteiger partial charge on any atom is -0.274 e. The third-order valence-electron chi connectivity index (χ3n) is 3.83. The van der Waals surface area contributed by atoms with Crippen molar-refractivity contribution < 1.29 is 14.0 Å². The average Bonchev–Trinajstić information content (AvgIpc) is 3.18. The molecule has 0 unspecified atom stereocenters. The van der Waals surface area contributed by atoms with Crippen molar-refractivity contribution in [1.29, 1.82) is 0 Å². The molecule has 1 aromatic heterocycles. The Labute approximate surface area is 146 Å². The zero-order chi connectivity index (χ0) is 17.4. The third kappa shape index (κ3) is 2.60. The van der Waals surface area contributed by atoms with Gasteiger partial charge >= 0.3 is 0 Å². The number of rotatable bonds is 4. The highest BCUT2D eigenvalue weighted by molar-refractivity contribution is 7.99. The fourth-order valence-electron chi connectivity index (χ4n) is 2.61. The summed E-state index contributed by atoms with van der Waals surface area (Å²) in [5.41, 5.74) is 1.09. The minimum absolute atomic E-state index is 0.0689. The van der Waals surface area contributed by atoms with Crippen molar-refractivity contribution in [2.24, 2.45) is 0 Å². The summed E-state index contributed by atoms with van der Waals surface area (Å²) in [6.45, 7) is 0. The second-order valence-corrected chi connectivity index (χ2v) is 6.20. The molecule has 2 amide bonds. The Bertz CT molecular complexity index is 953. The highest BCUT2D eigenvalue weighted by atomic mass is 32.2. The fourth-order valence-corrected chi connectivity index (χ4v) is 3.48. The van der Waals surface area contributed by atoms with Crippen molar-refractivity contribution >= 4 is 23.6 Å². The SMILES string of the molecule is O=C1c2ccccc2C(=O)N1CSc1nncn1-c1ccccc1F. The first kappa shape index (κ1) is 15.5. The van der Waals surface area contributed by atoms with Crippen molar-refractivity contribution in [2.45, 2.75) is 5.16 Å². The van der Waals surface area contributed by atoms with E-state index in [-0.39, 0.29) is 17.7 Å². The summed E-state index contributed by atoms with van der Waals surface area (Å²) in [4.78, 5) is 25.9. The van der Waals surface area contributed by atoms with E-state index in [4.69, 9.17) is 0 Å². The lowest BCUT2D eigenvalue weighted by Gasteiger charge is -2.13. The molecule has 3 aromatic rings. The molecule has 2 aromatic carbocycles. The molecule has 0 N–H and O–H groups in total. The summed E-state index contributed by atoms with van der Waals surface area (Å²) in [6, 6.07) is 12.9. The molecule has 0 atom stereocenters. The van der Waals surface area contributed by atoms with Crippen LogP contribution in [0, 0.1) is 5.82 Å². The standard InChI is InChI=1S/C17H11FN4O2S/c18-13-7-3-4-8-14(13)21-9-19-20-17(21)25-10-22-15(23)11-5-1-2-6-12(11)16(22)24/h1-9H,10H2. The van der Waals surface area contributed by atoms with Gasteiger partial charge in [0.05, 0.1) is 22.7 Å². The molecule has 0 spiro atoms. The number of carbonyl (C=O) groups excluding carboxylic acids is 2. The van der Waals surface area contributed by atoms with Crippen LogP contribution in [0.5, 0.6) is 0 Å². The first-order valence-electron chi connectivity index (χ1n) is 7.40. The second-order valence-electron chi connectivity index (χ2n) is 5.29. The van der Waals surface area contributed by atoms with E-state index in [1.165, 1.54) is 17.0 Å². The van der Waals surface area contributed by atoms with Gasteiger partial charge in [-0.3, -0.25) is 19.1 Å².